The lowest BCUT2D eigenvalue weighted by Gasteiger charge is -2.22. The third-order valence-electron chi connectivity index (χ3n) is 2.48. The second kappa shape index (κ2) is 4.69. The van der Waals surface area contributed by atoms with Gasteiger partial charge in [0.05, 0.1) is 0 Å². The van der Waals surface area contributed by atoms with Gasteiger partial charge in [-0.15, -0.1) is 0 Å². The van der Waals surface area contributed by atoms with Gasteiger partial charge in [-0.25, -0.2) is 0 Å². The summed E-state index contributed by atoms with van der Waals surface area (Å²) in [5, 5.41) is 5.42. The quantitative estimate of drug-likeness (QED) is 0.752. The molecule has 2 heterocycles. The molecule has 2 amide bonds. The fourth-order valence-corrected chi connectivity index (χ4v) is 1.99. The second-order valence-corrected chi connectivity index (χ2v) is 4.61. The number of halogens is 1. The minimum atomic E-state index is -0.414. The van der Waals surface area contributed by atoms with E-state index in [1.54, 1.807) is 12.3 Å². The molecule has 0 radical (unpaired) electrons. The SMILES string of the molecule is O=C(NC1CCCNC1=O)c1cc(Br)c[nH]1. The third-order valence-corrected chi connectivity index (χ3v) is 2.94. The van der Waals surface area contributed by atoms with Crippen LogP contribution in [0.25, 0.3) is 0 Å². The number of piperidine rings is 1. The minimum Gasteiger partial charge on any atom is -0.356 e. The number of carbonyl (C=O) groups is 2. The highest BCUT2D eigenvalue weighted by atomic mass is 79.9. The molecule has 5 nitrogen and oxygen atoms in total. The Morgan fingerprint density at radius 2 is 2.38 bits per heavy atom. The van der Waals surface area contributed by atoms with Gasteiger partial charge in [-0.05, 0) is 34.8 Å². The monoisotopic (exact) mass is 285 g/mol. The molecule has 6 heteroatoms. The number of hydrogen-bond acceptors (Lipinski definition) is 2. The highest BCUT2D eigenvalue weighted by molar-refractivity contribution is 9.10. The lowest BCUT2D eigenvalue weighted by atomic mass is 10.1. The molecule has 1 aliphatic heterocycles. The summed E-state index contributed by atoms with van der Waals surface area (Å²) in [5.74, 6) is -0.363. The Kier molecular flexibility index (Phi) is 3.28. The normalized spacial score (nSPS) is 20.3. The Morgan fingerprint density at radius 1 is 1.56 bits per heavy atom. The molecule has 16 heavy (non-hydrogen) atoms. The summed E-state index contributed by atoms with van der Waals surface area (Å²) >= 11 is 3.25. The fraction of sp³-hybridized carbons (Fsp3) is 0.400. The summed E-state index contributed by atoms with van der Waals surface area (Å²) < 4.78 is 0.811. The van der Waals surface area contributed by atoms with Gasteiger partial charge >= 0.3 is 0 Å². The van der Waals surface area contributed by atoms with Gasteiger partial charge in [0.15, 0.2) is 0 Å². The molecule has 86 valence electrons. The zero-order valence-corrected chi connectivity index (χ0v) is 10.1. The third kappa shape index (κ3) is 2.44. The van der Waals surface area contributed by atoms with Crippen LogP contribution in [-0.2, 0) is 4.79 Å². The summed E-state index contributed by atoms with van der Waals surface area (Å²) in [7, 11) is 0. The van der Waals surface area contributed by atoms with Gasteiger partial charge in [-0.2, -0.15) is 0 Å². The van der Waals surface area contributed by atoms with Crippen LogP contribution in [0.3, 0.4) is 0 Å². The Morgan fingerprint density at radius 3 is 3.00 bits per heavy atom. The van der Waals surface area contributed by atoms with E-state index in [2.05, 4.69) is 31.5 Å². The molecule has 1 fully saturated rings. The van der Waals surface area contributed by atoms with Crippen LogP contribution in [0.5, 0.6) is 0 Å². The Bertz CT molecular complexity index is 416. The van der Waals surface area contributed by atoms with Crippen LogP contribution in [-0.4, -0.2) is 29.4 Å². The number of rotatable bonds is 2. The van der Waals surface area contributed by atoms with Gasteiger partial charge in [0.1, 0.15) is 11.7 Å². The predicted molar refractivity (Wildman–Crippen MR) is 62.0 cm³/mol. The van der Waals surface area contributed by atoms with Crippen molar-refractivity contribution in [3.8, 4) is 0 Å². The summed E-state index contributed by atoms with van der Waals surface area (Å²) in [6.07, 6.45) is 3.26. The van der Waals surface area contributed by atoms with E-state index >= 15 is 0 Å². The van der Waals surface area contributed by atoms with Gasteiger partial charge in [-0.1, -0.05) is 0 Å². The van der Waals surface area contributed by atoms with Crippen molar-refractivity contribution in [1.29, 1.82) is 0 Å². The van der Waals surface area contributed by atoms with Crippen molar-refractivity contribution in [3.63, 3.8) is 0 Å². The van der Waals surface area contributed by atoms with Crippen LogP contribution >= 0.6 is 15.9 Å². The molecule has 0 aliphatic carbocycles. The maximum Gasteiger partial charge on any atom is 0.268 e. The molecule has 1 saturated heterocycles. The number of H-pyrrole nitrogens is 1. The molecule has 0 saturated carbocycles. The van der Waals surface area contributed by atoms with Crippen molar-refractivity contribution in [2.45, 2.75) is 18.9 Å². The lowest BCUT2D eigenvalue weighted by Crippen LogP contribution is -2.50. The number of carbonyl (C=O) groups excluding carboxylic acids is 2. The molecule has 0 bridgehead atoms. The van der Waals surface area contributed by atoms with Crippen molar-refractivity contribution in [1.82, 2.24) is 15.6 Å². The number of amides is 2. The van der Waals surface area contributed by atoms with Crippen LogP contribution < -0.4 is 10.6 Å². The van der Waals surface area contributed by atoms with Gasteiger partial charge in [-0.3, -0.25) is 9.59 Å². The van der Waals surface area contributed by atoms with E-state index in [4.69, 9.17) is 0 Å². The lowest BCUT2D eigenvalue weighted by molar-refractivity contribution is -0.124. The molecule has 1 aromatic rings. The smallest absolute Gasteiger partial charge is 0.268 e. The molecular formula is C10H12BrN3O2. The minimum absolute atomic E-state index is 0.106. The van der Waals surface area contributed by atoms with Crippen LogP contribution in [0.2, 0.25) is 0 Å². The maximum atomic E-state index is 11.7. The van der Waals surface area contributed by atoms with Gasteiger partial charge < -0.3 is 15.6 Å². The van der Waals surface area contributed by atoms with E-state index in [0.29, 0.717) is 18.7 Å². The highest BCUT2D eigenvalue weighted by Gasteiger charge is 2.24. The summed E-state index contributed by atoms with van der Waals surface area (Å²) in [6.45, 7) is 0.694. The zero-order valence-electron chi connectivity index (χ0n) is 8.55. The van der Waals surface area contributed by atoms with E-state index in [0.717, 1.165) is 10.9 Å². The highest BCUT2D eigenvalue weighted by Crippen LogP contribution is 2.11. The standard InChI is InChI=1S/C10H12BrN3O2/c11-6-4-8(13-5-6)10(16)14-7-2-1-3-12-9(7)15/h4-5,7,13H,1-3H2,(H,12,15)(H,14,16). The van der Waals surface area contributed by atoms with E-state index in [9.17, 15) is 9.59 Å². The largest absolute Gasteiger partial charge is 0.356 e. The molecule has 1 unspecified atom stereocenters. The fourth-order valence-electron chi connectivity index (χ4n) is 1.64. The number of aromatic nitrogens is 1. The first-order valence-corrected chi connectivity index (χ1v) is 5.88. The van der Waals surface area contributed by atoms with Crippen molar-refractivity contribution in [3.05, 3.63) is 22.4 Å². The van der Waals surface area contributed by atoms with Crippen molar-refractivity contribution in [2.24, 2.45) is 0 Å². The van der Waals surface area contributed by atoms with Crippen LogP contribution in [0.4, 0.5) is 0 Å². The molecular weight excluding hydrogens is 274 g/mol. The van der Waals surface area contributed by atoms with Crippen LogP contribution in [0.1, 0.15) is 23.3 Å². The molecule has 2 rings (SSSR count). The summed E-state index contributed by atoms with van der Waals surface area (Å²) in [6, 6.07) is 1.26. The maximum absolute atomic E-state index is 11.7. The average molecular weight is 286 g/mol. The Labute approximate surface area is 101 Å². The van der Waals surface area contributed by atoms with Crippen molar-refractivity contribution < 1.29 is 9.59 Å². The number of hydrogen-bond donors (Lipinski definition) is 3. The van der Waals surface area contributed by atoms with Gasteiger partial charge in [0.2, 0.25) is 5.91 Å². The van der Waals surface area contributed by atoms with E-state index in [1.165, 1.54) is 0 Å². The molecule has 1 aromatic heterocycles. The molecule has 3 N–H and O–H groups in total. The van der Waals surface area contributed by atoms with Gasteiger partial charge in [0.25, 0.3) is 5.91 Å². The van der Waals surface area contributed by atoms with E-state index in [1.807, 2.05) is 0 Å². The van der Waals surface area contributed by atoms with E-state index in [-0.39, 0.29) is 11.8 Å². The Balaban J connectivity index is 1.99. The molecule has 0 spiro atoms. The number of aromatic amines is 1. The first kappa shape index (κ1) is 11.2. The first-order chi connectivity index (χ1) is 7.66. The van der Waals surface area contributed by atoms with E-state index < -0.39 is 6.04 Å². The molecule has 1 aliphatic rings. The zero-order chi connectivity index (χ0) is 11.5. The second-order valence-electron chi connectivity index (χ2n) is 3.69. The average Bonchev–Trinajstić information content (AvgIpc) is 2.68. The predicted octanol–water partition coefficient (Wildman–Crippen LogP) is 0.786. The van der Waals surface area contributed by atoms with Crippen LogP contribution in [0.15, 0.2) is 16.7 Å². The summed E-state index contributed by atoms with van der Waals surface area (Å²) in [5.41, 5.74) is 0.449. The topological polar surface area (TPSA) is 74.0 Å². The molecule has 1 atom stereocenters. The number of nitrogens with one attached hydrogen (secondary N) is 3. The first-order valence-electron chi connectivity index (χ1n) is 5.09. The Hall–Kier alpha value is -1.30. The summed E-state index contributed by atoms with van der Waals surface area (Å²) in [4.78, 5) is 26.0. The van der Waals surface area contributed by atoms with Crippen molar-refractivity contribution >= 4 is 27.7 Å². The van der Waals surface area contributed by atoms with Crippen LogP contribution in [0, 0.1) is 0 Å². The molecule has 0 aromatic carbocycles. The van der Waals surface area contributed by atoms with Gasteiger partial charge in [0, 0.05) is 17.2 Å². The van der Waals surface area contributed by atoms with Crippen molar-refractivity contribution in [2.75, 3.05) is 6.54 Å².